The molecule has 2 heterocycles. The molecule has 1 saturated heterocycles. The van der Waals surface area contributed by atoms with Gasteiger partial charge in [-0.15, -0.1) is 0 Å². The van der Waals surface area contributed by atoms with Gasteiger partial charge in [0.2, 0.25) is 6.10 Å². The van der Waals surface area contributed by atoms with E-state index in [0.29, 0.717) is 0 Å². The molecule has 1 unspecified atom stereocenters. The van der Waals surface area contributed by atoms with E-state index in [1.807, 2.05) is 11.8 Å². The molecular formula is C15H16F2N2O2S. The largest absolute Gasteiger partial charge is 0.382 e. The van der Waals surface area contributed by atoms with E-state index in [1.165, 1.54) is 0 Å². The summed E-state index contributed by atoms with van der Waals surface area (Å²) in [5.41, 5.74) is 0.306. The van der Waals surface area contributed by atoms with Gasteiger partial charge in [-0.05, 0) is 42.5 Å². The van der Waals surface area contributed by atoms with Gasteiger partial charge in [-0.2, -0.15) is 11.8 Å². The van der Waals surface area contributed by atoms with Crippen molar-refractivity contribution in [1.29, 1.82) is 0 Å². The van der Waals surface area contributed by atoms with Crippen molar-refractivity contribution in [3.05, 3.63) is 35.4 Å². The molecule has 118 valence electrons. The summed E-state index contributed by atoms with van der Waals surface area (Å²) in [6.07, 6.45) is 1.26. The molecule has 0 aliphatic carbocycles. The van der Waals surface area contributed by atoms with E-state index in [9.17, 15) is 13.6 Å². The molecule has 1 fully saturated rings. The SMILES string of the molecule is O=C(NC1CCSCC1)C1CC(c2cc(F)ccc2F)=NO1. The Bertz CT molecular complexity index is 603. The molecule has 0 saturated carbocycles. The van der Waals surface area contributed by atoms with Crippen molar-refractivity contribution >= 4 is 23.4 Å². The molecule has 0 aromatic heterocycles. The molecule has 1 aromatic rings. The fourth-order valence-corrected chi connectivity index (χ4v) is 3.64. The van der Waals surface area contributed by atoms with Gasteiger partial charge in [0.1, 0.15) is 11.6 Å². The second-order valence-electron chi connectivity index (χ2n) is 5.36. The van der Waals surface area contributed by atoms with Crippen molar-refractivity contribution in [3.8, 4) is 0 Å². The monoisotopic (exact) mass is 326 g/mol. The van der Waals surface area contributed by atoms with Crippen LogP contribution >= 0.6 is 11.8 Å². The van der Waals surface area contributed by atoms with Crippen LogP contribution in [0.2, 0.25) is 0 Å². The van der Waals surface area contributed by atoms with Crippen molar-refractivity contribution in [2.75, 3.05) is 11.5 Å². The smallest absolute Gasteiger partial charge is 0.264 e. The normalized spacial score (nSPS) is 22.1. The minimum absolute atomic E-state index is 0.0457. The van der Waals surface area contributed by atoms with Gasteiger partial charge in [-0.25, -0.2) is 8.78 Å². The Morgan fingerprint density at radius 2 is 2.09 bits per heavy atom. The number of hydrogen-bond donors (Lipinski definition) is 1. The molecule has 1 aromatic carbocycles. The maximum absolute atomic E-state index is 13.7. The van der Waals surface area contributed by atoms with Crippen molar-refractivity contribution in [3.63, 3.8) is 0 Å². The van der Waals surface area contributed by atoms with E-state index < -0.39 is 17.7 Å². The number of carbonyl (C=O) groups is 1. The topological polar surface area (TPSA) is 50.7 Å². The summed E-state index contributed by atoms with van der Waals surface area (Å²) in [6, 6.07) is 3.31. The quantitative estimate of drug-likeness (QED) is 0.928. The lowest BCUT2D eigenvalue weighted by atomic mass is 10.0. The molecule has 7 heteroatoms. The Morgan fingerprint density at radius 1 is 1.32 bits per heavy atom. The molecule has 1 amide bonds. The minimum atomic E-state index is -0.771. The molecule has 2 aliphatic heterocycles. The van der Waals surface area contributed by atoms with E-state index in [1.54, 1.807) is 0 Å². The first-order valence-electron chi connectivity index (χ1n) is 7.20. The first-order valence-corrected chi connectivity index (χ1v) is 8.35. The highest BCUT2D eigenvalue weighted by Gasteiger charge is 2.31. The Balaban J connectivity index is 1.61. The highest BCUT2D eigenvalue weighted by Crippen LogP contribution is 2.21. The summed E-state index contributed by atoms with van der Waals surface area (Å²) in [7, 11) is 0. The number of thioether (sulfide) groups is 1. The van der Waals surface area contributed by atoms with Crippen LogP contribution in [0.25, 0.3) is 0 Å². The predicted octanol–water partition coefficient (Wildman–Crippen LogP) is 2.47. The molecule has 4 nitrogen and oxygen atoms in total. The zero-order valence-electron chi connectivity index (χ0n) is 11.9. The molecular weight excluding hydrogens is 310 g/mol. The zero-order chi connectivity index (χ0) is 15.5. The van der Waals surface area contributed by atoms with Crippen LogP contribution in [0.4, 0.5) is 8.78 Å². The minimum Gasteiger partial charge on any atom is -0.382 e. The van der Waals surface area contributed by atoms with E-state index in [4.69, 9.17) is 4.84 Å². The number of rotatable bonds is 3. The number of halogens is 2. The fraction of sp³-hybridized carbons (Fsp3) is 0.467. The number of hydrogen-bond acceptors (Lipinski definition) is 4. The van der Waals surface area contributed by atoms with E-state index in [2.05, 4.69) is 10.5 Å². The van der Waals surface area contributed by atoms with Crippen LogP contribution in [0.1, 0.15) is 24.8 Å². The lowest BCUT2D eigenvalue weighted by molar-refractivity contribution is -0.131. The Labute approximate surface area is 131 Å². The summed E-state index contributed by atoms with van der Waals surface area (Å²) in [5, 5.41) is 6.69. The standard InChI is InChI=1S/C15H16F2N2O2S/c16-9-1-2-12(17)11(7-9)13-8-14(21-19-13)15(20)18-10-3-5-22-6-4-10/h1-2,7,10,14H,3-6,8H2,(H,18,20). The Hall–Kier alpha value is -1.63. The molecule has 22 heavy (non-hydrogen) atoms. The number of carbonyl (C=O) groups excluding carboxylic acids is 1. The van der Waals surface area contributed by atoms with Crippen LogP contribution in [0.5, 0.6) is 0 Å². The van der Waals surface area contributed by atoms with Crippen molar-refractivity contribution in [2.45, 2.75) is 31.4 Å². The highest BCUT2D eigenvalue weighted by molar-refractivity contribution is 7.99. The summed E-state index contributed by atoms with van der Waals surface area (Å²) in [4.78, 5) is 17.3. The molecule has 2 aliphatic rings. The summed E-state index contributed by atoms with van der Waals surface area (Å²) >= 11 is 1.88. The maximum Gasteiger partial charge on any atom is 0.264 e. The van der Waals surface area contributed by atoms with Gasteiger partial charge in [0.05, 0.1) is 5.71 Å². The van der Waals surface area contributed by atoms with Crippen LogP contribution < -0.4 is 5.32 Å². The van der Waals surface area contributed by atoms with Gasteiger partial charge in [-0.3, -0.25) is 4.79 Å². The molecule has 1 N–H and O–H groups in total. The van der Waals surface area contributed by atoms with Crippen LogP contribution in [-0.2, 0) is 9.63 Å². The average molecular weight is 326 g/mol. The molecule has 0 spiro atoms. The number of nitrogens with zero attached hydrogens (tertiary/aromatic N) is 1. The summed E-state index contributed by atoms with van der Waals surface area (Å²) < 4.78 is 26.9. The van der Waals surface area contributed by atoms with E-state index in [0.717, 1.165) is 42.5 Å². The van der Waals surface area contributed by atoms with Crippen LogP contribution in [0.15, 0.2) is 23.4 Å². The lowest BCUT2D eigenvalue weighted by Gasteiger charge is -2.23. The molecule has 1 atom stereocenters. The van der Waals surface area contributed by atoms with Gasteiger partial charge in [-0.1, -0.05) is 5.16 Å². The van der Waals surface area contributed by atoms with Gasteiger partial charge >= 0.3 is 0 Å². The van der Waals surface area contributed by atoms with Crippen molar-refractivity contribution in [2.24, 2.45) is 5.16 Å². The van der Waals surface area contributed by atoms with Crippen LogP contribution in [-0.4, -0.2) is 35.3 Å². The number of amides is 1. The van der Waals surface area contributed by atoms with Crippen LogP contribution in [0.3, 0.4) is 0 Å². The van der Waals surface area contributed by atoms with E-state index >= 15 is 0 Å². The summed E-state index contributed by atoms with van der Waals surface area (Å²) in [6.45, 7) is 0. The third kappa shape index (κ3) is 3.40. The number of oxime groups is 1. The fourth-order valence-electron chi connectivity index (χ4n) is 2.53. The number of nitrogens with one attached hydrogen (secondary N) is 1. The Morgan fingerprint density at radius 3 is 2.86 bits per heavy atom. The van der Waals surface area contributed by atoms with Gasteiger partial charge in [0.25, 0.3) is 5.91 Å². The zero-order valence-corrected chi connectivity index (χ0v) is 12.7. The van der Waals surface area contributed by atoms with Crippen LogP contribution in [0, 0.1) is 11.6 Å². The third-order valence-corrected chi connectivity index (χ3v) is 4.82. The van der Waals surface area contributed by atoms with Gasteiger partial charge < -0.3 is 10.2 Å². The summed E-state index contributed by atoms with van der Waals surface area (Å²) in [5.74, 6) is 0.702. The first-order chi connectivity index (χ1) is 10.6. The van der Waals surface area contributed by atoms with Gasteiger partial charge in [0.15, 0.2) is 0 Å². The van der Waals surface area contributed by atoms with Gasteiger partial charge in [0, 0.05) is 18.0 Å². The average Bonchev–Trinajstić information content (AvgIpc) is 3.00. The maximum atomic E-state index is 13.7. The molecule has 3 rings (SSSR count). The second kappa shape index (κ2) is 6.64. The van der Waals surface area contributed by atoms with Crippen molar-refractivity contribution in [1.82, 2.24) is 5.32 Å². The third-order valence-electron chi connectivity index (χ3n) is 3.77. The second-order valence-corrected chi connectivity index (χ2v) is 6.58. The predicted molar refractivity (Wildman–Crippen MR) is 80.9 cm³/mol. The molecule has 0 bridgehead atoms. The highest BCUT2D eigenvalue weighted by atomic mass is 32.2. The molecule has 0 radical (unpaired) electrons. The first kappa shape index (κ1) is 15.3. The van der Waals surface area contributed by atoms with Crippen molar-refractivity contribution < 1.29 is 18.4 Å². The Kier molecular flexibility index (Phi) is 4.61. The van der Waals surface area contributed by atoms with E-state index in [-0.39, 0.29) is 29.6 Å². The number of benzene rings is 1. The lowest BCUT2D eigenvalue weighted by Crippen LogP contribution is -2.43.